The van der Waals surface area contributed by atoms with Gasteiger partial charge in [0.1, 0.15) is 18.8 Å². The molecule has 0 aromatic rings. The van der Waals surface area contributed by atoms with Crippen molar-refractivity contribution >= 4 is 23.8 Å². The Labute approximate surface area is 122 Å². The van der Waals surface area contributed by atoms with Crippen molar-refractivity contribution in [2.45, 2.75) is 52.2 Å². The highest BCUT2D eigenvalue weighted by Crippen LogP contribution is 2.09. The molecule has 0 heterocycles. The van der Waals surface area contributed by atoms with Gasteiger partial charge in [-0.1, -0.05) is 0 Å². The van der Waals surface area contributed by atoms with Crippen LogP contribution in [0.2, 0.25) is 0 Å². The van der Waals surface area contributed by atoms with Crippen LogP contribution in [-0.4, -0.2) is 47.7 Å². The van der Waals surface area contributed by atoms with Gasteiger partial charge in [0, 0.05) is 20.8 Å². The van der Waals surface area contributed by atoms with E-state index in [-0.39, 0.29) is 13.0 Å². The Morgan fingerprint density at radius 3 is 2.10 bits per heavy atom. The van der Waals surface area contributed by atoms with Crippen molar-refractivity contribution in [3.8, 4) is 0 Å². The van der Waals surface area contributed by atoms with E-state index < -0.39 is 36.0 Å². The number of carbonyl (C=O) groups excluding carboxylic acids is 3. The molecule has 0 fully saturated rings. The summed E-state index contributed by atoms with van der Waals surface area (Å²) in [7, 11) is 0. The standard InChI is InChI=1S/C13H21NO7/c1-8(15)14-12(13(18)19)6-4-5-11(21-10(3)17)7-20-9(2)16/h11-12H,4-7H2,1-3H3,(H,14,15)(H,18,19). The highest BCUT2D eigenvalue weighted by Gasteiger charge is 2.20. The van der Waals surface area contributed by atoms with Gasteiger partial charge in [0.15, 0.2) is 0 Å². The first-order valence-corrected chi connectivity index (χ1v) is 6.52. The maximum Gasteiger partial charge on any atom is 0.326 e. The molecule has 2 N–H and O–H groups in total. The Morgan fingerprint density at radius 1 is 1.05 bits per heavy atom. The highest BCUT2D eigenvalue weighted by atomic mass is 16.6. The lowest BCUT2D eigenvalue weighted by molar-refractivity contribution is -0.156. The third kappa shape index (κ3) is 10.3. The molecule has 0 aliphatic heterocycles. The summed E-state index contributed by atoms with van der Waals surface area (Å²) >= 11 is 0. The molecule has 21 heavy (non-hydrogen) atoms. The van der Waals surface area contributed by atoms with Gasteiger partial charge in [-0.15, -0.1) is 0 Å². The molecule has 0 bridgehead atoms. The van der Waals surface area contributed by atoms with Gasteiger partial charge in [-0.25, -0.2) is 4.79 Å². The van der Waals surface area contributed by atoms with Crippen molar-refractivity contribution in [3.05, 3.63) is 0 Å². The smallest absolute Gasteiger partial charge is 0.326 e. The number of rotatable bonds is 9. The zero-order valence-corrected chi connectivity index (χ0v) is 12.4. The number of carboxylic acids is 1. The maximum absolute atomic E-state index is 10.9. The monoisotopic (exact) mass is 303 g/mol. The van der Waals surface area contributed by atoms with E-state index in [1.165, 1.54) is 20.8 Å². The van der Waals surface area contributed by atoms with Gasteiger partial charge in [0.2, 0.25) is 5.91 Å². The normalized spacial score (nSPS) is 12.9. The van der Waals surface area contributed by atoms with Crippen LogP contribution in [0.3, 0.4) is 0 Å². The summed E-state index contributed by atoms with van der Waals surface area (Å²) in [6.07, 6.45) is 0.276. The second-order valence-electron chi connectivity index (χ2n) is 4.56. The molecule has 2 atom stereocenters. The molecule has 0 aliphatic rings. The van der Waals surface area contributed by atoms with E-state index in [9.17, 15) is 19.2 Å². The Kier molecular flexibility index (Phi) is 8.75. The molecular formula is C13H21NO7. The van der Waals surface area contributed by atoms with Crippen molar-refractivity contribution in [1.82, 2.24) is 5.32 Å². The van der Waals surface area contributed by atoms with E-state index in [4.69, 9.17) is 14.6 Å². The molecule has 0 aromatic carbocycles. The second kappa shape index (κ2) is 9.73. The maximum atomic E-state index is 10.9. The average Bonchev–Trinajstić information content (AvgIpc) is 2.33. The van der Waals surface area contributed by atoms with E-state index in [1.807, 2.05) is 0 Å². The highest BCUT2D eigenvalue weighted by molar-refractivity contribution is 5.81. The van der Waals surface area contributed by atoms with Crippen molar-refractivity contribution in [1.29, 1.82) is 0 Å². The fourth-order valence-corrected chi connectivity index (χ4v) is 1.67. The molecule has 0 rings (SSSR count). The number of carboxylic acid groups (broad SMARTS) is 1. The summed E-state index contributed by atoms with van der Waals surface area (Å²) < 4.78 is 9.75. The van der Waals surface area contributed by atoms with E-state index in [0.717, 1.165) is 0 Å². The number of amides is 1. The SMILES string of the molecule is CC(=O)NC(CCCC(COC(C)=O)OC(C)=O)C(=O)O. The summed E-state index contributed by atoms with van der Waals surface area (Å²) in [5.41, 5.74) is 0. The molecule has 0 radical (unpaired) electrons. The third-order valence-electron chi connectivity index (χ3n) is 2.50. The molecule has 1 amide bonds. The van der Waals surface area contributed by atoms with Crippen LogP contribution in [0.15, 0.2) is 0 Å². The Morgan fingerprint density at radius 2 is 1.67 bits per heavy atom. The lowest BCUT2D eigenvalue weighted by Gasteiger charge is -2.18. The third-order valence-corrected chi connectivity index (χ3v) is 2.50. The minimum Gasteiger partial charge on any atom is -0.480 e. The van der Waals surface area contributed by atoms with Gasteiger partial charge in [0.05, 0.1) is 0 Å². The topological polar surface area (TPSA) is 119 Å². The number of aliphatic carboxylic acids is 1. The summed E-state index contributed by atoms with van der Waals surface area (Å²) in [6.45, 7) is 3.63. The lowest BCUT2D eigenvalue weighted by atomic mass is 10.1. The fraction of sp³-hybridized carbons (Fsp3) is 0.692. The molecule has 0 saturated heterocycles. The van der Waals surface area contributed by atoms with E-state index >= 15 is 0 Å². The molecule has 8 heteroatoms. The van der Waals surface area contributed by atoms with Crippen LogP contribution in [0.1, 0.15) is 40.0 Å². The summed E-state index contributed by atoms with van der Waals surface area (Å²) in [4.78, 5) is 43.5. The number of nitrogens with one attached hydrogen (secondary N) is 1. The quantitative estimate of drug-likeness (QED) is 0.585. The van der Waals surface area contributed by atoms with Gasteiger partial charge >= 0.3 is 17.9 Å². The predicted molar refractivity (Wildman–Crippen MR) is 71.3 cm³/mol. The van der Waals surface area contributed by atoms with Gasteiger partial charge < -0.3 is 19.9 Å². The predicted octanol–water partition coefficient (Wildman–Crippen LogP) is 0.241. The first-order chi connectivity index (χ1) is 9.72. The molecule has 8 nitrogen and oxygen atoms in total. The van der Waals surface area contributed by atoms with Crippen molar-refractivity contribution < 1.29 is 33.8 Å². The number of hydrogen-bond donors (Lipinski definition) is 2. The number of esters is 2. The fourth-order valence-electron chi connectivity index (χ4n) is 1.67. The molecule has 2 unspecified atom stereocenters. The average molecular weight is 303 g/mol. The molecule has 0 aromatic heterocycles. The second-order valence-corrected chi connectivity index (χ2v) is 4.56. The number of carbonyl (C=O) groups is 4. The van der Waals surface area contributed by atoms with Crippen LogP contribution in [0.5, 0.6) is 0 Å². The Bertz CT molecular complexity index is 394. The van der Waals surface area contributed by atoms with Gasteiger partial charge in [-0.2, -0.15) is 0 Å². The van der Waals surface area contributed by atoms with Crippen LogP contribution >= 0.6 is 0 Å². The largest absolute Gasteiger partial charge is 0.480 e. The van der Waals surface area contributed by atoms with Crippen LogP contribution in [0, 0.1) is 0 Å². The van der Waals surface area contributed by atoms with Gasteiger partial charge in [-0.05, 0) is 19.3 Å². The minimum absolute atomic E-state index is 0.0766. The molecule has 0 saturated carbocycles. The van der Waals surface area contributed by atoms with Crippen LogP contribution < -0.4 is 5.32 Å². The number of hydrogen-bond acceptors (Lipinski definition) is 6. The van der Waals surface area contributed by atoms with Gasteiger partial charge in [-0.3, -0.25) is 14.4 Å². The Hall–Kier alpha value is -2.12. The molecule has 0 aliphatic carbocycles. The van der Waals surface area contributed by atoms with E-state index in [1.54, 1.807) is 0 Å². The van der Waals surface area contributed by atoms with Crippen LogP contribution in [0.25, 0.3) is 0 Å². The van der Waals surface area contributed by atoms with Gasteiger partial charge in [0.25, 0.3) is 0 Å². The van der Waals surface area contributed by atoms with Crippen LogP contribution in [0.4, 0.5) is 0 Å². The van der Waals surface area contributed by atoms with Crippen molar-refractivity contribution in [2.75, 3.05) is 6.61 Å². The summed E-state index contributed by atoms with van der Waals surface area (Å²) in [5, 5.41) is 11.3. The first-order valence-electron chi connectivity index (χ1n) is 6.52. The lowest BCUT2D eigenvalue weighted by Crippen LogP contribution is -2.39. The molecule has 120 valence electrons. The van der Waals surface area contributed by atoms with Crippen molar-refractivity contribution in [3.63, 3.8) is 0 Å². The van der Waals surface area contributed by atoms with E-state index in [2.05, 4.69) is 5.32 Å². The summed E-state index contributed by atoms with van der Waals surface area (Å²) in [5.74, 6) is -2.56. The zero-order chi connectivity index (χ0) is 16.4. The Balaban J connectivity index is 4.31. The molecule has 0 spiro atoms. The van der Waals surface area contributed by atoms with E-state index in [0.29, 0.717) is 12.8 Å². The number of ether oxygens (including phenoxy) is 2. The molecular weight excluding hydrogens is 282 g/mol. The zero-order valence-electron chi connectivity index (χ0n) is 12.4. The summed E-state index contributed by atoms with van der Waals surface area (Å²) in [6, 6.07) is -0.991. The van der Waals surface area contributed by atoms with Crippen LogP contribution in [-0.2, 0) is 28.7 Å². The van der Waals surface area contributed by atoms with Crippen molar-refractivity contribution in [2.24, 2.45) is 0 Å². The minimum atomic E-state index is -1.13. The first kappa shape index (κ1) is 18.9.